The highest BCUT2D eigenvalue weighted by Gasteiger charge is 2.36. The number of amides is 2. The molecule has 152 valence electrons. The summed E-state index contributed by atoms with van der Waals surface area (Å²) >= 11 is 6.11. The second-order valence-electron chi connectivity index (χ2n) is 5.87. The van der Waals surface area contributed by atoms with Gasteiger partial charge in [-0.3, -0.25) is 14.5 Å². The van der Waals surface area contributed by atoms with Crippen molar-refractivity contribution in [3.63, 3.8) is 0 Å². The Hall–Kier alpha value is -3.14. The third kappa shape index (κ3) is 4.48. The van der Waals surface area contributed by atoms with E-state index in [0.29, 0.717) is 0 Å². The maximum atomic E-state index is 12.5. The minimum absolute atomic E-state index is 0.0319. The van der Waals surface area contributed by atoms with Crippen molar-refractivity contribution in [3.8, 4) is 5.75 Å². The Kier molecular flexibility index (Phi) is 5.73. The van der Waals surface area contributed by atoms with Gasteiger partial charge in [0, 0.05) is 6.07 Å². The van der Waals surface area contributed by atoms with E-state index in [0.717, 1.165) is 17.2 Å². The zero-order chi connectivity index (χ0) is 21.2. The van der Waals surface area contributed by atoms with Crippen LogP contribution in [0.5, 0.6) is 5.75 Å². The summed E-state index contributed by atoms with van der Waals surface area (Å²) in [5.41, 5.74) is 0.576. The fourth-order valence-electron chi connectivity index (χ4n) is 2.67. The van der Waals surface area contributed by atoms with Crippen molar-refractivity contribution >= 4 is 29.1 Å². The number of ether oxygens (including phenoxy) is 1. The molecule has 0 atom stereocenters. The standard InChI is InChI=1S/C18H13ClF3N3O4/c1-28-24-14(8-25-16(26)11-4-2-3-5-12(11)17(25)27)15-13(19)6-10(7-23-15)29-9-18(20,21)22/h2-7H,8-9H2,1H3. The van der Waals surface area contributed by atoms with Crippen LogP contribution in [0, 0.1) is 0 Å². The maximum Gasteiger partial charge on any atom is 0.422 e. The first-order valence-corrected chi connectivity index (χ1v) is 8.50. The van der Waals surface area contributed by atoms with E-state index in [4.69, 9.17) is 16.4 Å². The van der Waals surface area contributed by atoms with Crippen LogP contribution in [-0.2, 0) is 4.84 Å². The second-order valence-corrected chi connectivity index (χ2v) is 6.28. The summed E-state index contributed by atoms with van der Waals surface area (Å²) in [5, 5.41) is 3.68. The molecule has 2 aromatic rings. The summed E-state index contributed by atoms with van der Waals surface area (Å²) in [6, 6.07) is 7.45. The number of nitrogens with zero attached hydrogens (tertiary/aromatic N) is 3. The predicted octanol–water partition coefficient (Wildman–Crippen LogP) is 3.32. The lowest BCUT2D eigenvalue weighted by Gasteiger charge is -2.16. The van der Waals surface area contributed by atoms with Crippen LogP contribution >= 0.6 is 11.6 Å². The number of fused-ring (bicyclic) bond motifs is 1. The number of carbonyl (C=O) groups excluding carboxylic acids is 2. The summed E-state index contributed by atoms with van der Waals surface area (Å²) in [4.78, 5) is 34.7. The third-order valence-electron chi connectivity index (χ3n) is 3.88. The zero-order valence-electron chi connectivity index (χ0n) is 14.9. The molecule has 0 spiro atoms. The van der Waals surface area contributed by atoms with E-state index in [2.05, 4.69) is 14.9 Å². The van der Waals surface area contributed by atoms with E-state index in [9.17, 15) is 22.8 Å². The molecule has 0 saturated carbocycles. The maximum absolute atomic E-state index is 12.5. The highest BCUT2D eigenvalue weighted by Crippen LogP contribution is 2.26. The first-order valence-electron chi connectivity index (χ1n) is 8.12. The molecular formula is C18H13ClF3N3O4. The number of alkyl halides is 3. The molecule has 11 heteroatoms. The van der Waals surface area contributed by atoms with Crippen LogP contribution in [0.15, 0.2) is 41.7 Å². The Bertz CT molecular complexity index is 960. The number of hydrogen-bond donors (Lipinski definition) is 0. The van der Waals surface area contributed by atoms with E-state index < -0.39 is 24.6 Å². The van der Waals surface area contributed by atoms with Gasteiger partial charge in [0.25, 0.3) is 11.8 Å². The largest absolute Gasteiger partial charge is 0.482 e. The second kappa shape index (κ2) is 8.08. The van der Waals surface area contributed by atoms with E-state index >= 15 is 0 Å². The van der Waals surface area contributed by atoms with Crippen LogP contribution in [0.3, 0.4) is 0 Å². The topological polar surface area (TPSA) is 81.1 Å². The van der Waals surface area contributed by atoms with Gasteiger partial charge in [0.15, 0.2) is 6.61 Å². The van der Waals surface area contributed by atoms with Crippen LogP contribution < -0.4 is 4.74 Å². The van der Waals surface area contributed by atoms with Crippen LogP contribution in [0.1, 0.15) is 26.4 Å². The van der Waals surface area contributed by atoms with Crippen molar-refractivity contribution in [2.75, 3.05) is 20.3 Å². The number of halogens is 4. The number of carbonyl (C=O) groups is 2. The highest BCUT2D eigenvalue weighted by atomic mass is 35.5. The van der Waals surface area contributed by atoms with Gasteiger partial charge in [-0.15, -0.1) is 0 Å². The van der Waals surface area contributed by atoms with Crippen molar-refractivity contribution in [1.29, 1.82) is 0 Å². The number of aromatic nitrogens is 1. The van der Waals surface area contributed by atoms with Crippen LogP contribution in [0.2, 0.25) is 5.02 Å². The van der Waals surface area contributed by atoms with Crippen molar-refractivity contribution in [2.45, 2.75) is 6.18 Å². The normalized spacial score (nSPS) is 14.2. The molecule has 1 aliphatic heterocycles. The summed E-state index contributed by atoms with van der Waals surface area (Å²) < 4.78 is 41.4. The molecule has 0 radical (unpaired) electrons. The Morgan fingerprint density at radius 2 is 1.83 bits per heavy atom. The van der Waals surface area contributed by atoms with Gasteiger partial charge in [0.2, 0.25) is 0 Å². The van der Waals surface area contributed by atoms with Crippen molar-refractivity contribution in [1.82, 2.24) is 9.88 Å². The Labute approximate surface area is 167 Å². The van der Waals surface area contributed by atoms with Gasteiger partial charge >= 0.3 is 6.18 Å². The van der Waals surface area contributed by atoms with Gasteiger partial charge in [-0.1, -0.05) is 28.9 Å². The monoisotopic (exact) mass is 427 g/mol. The van der Waals surface area contributed by atoms with Crippen LogP contribution in [0.4, 0.5) is 13.2 Å². The number of oxime groups is 1. The van der Waals surface area contributed by atoms with Gasteiger partial charge in [-0.25, -0.2) is 4.98 Å². The molecule has 0 aliphatic carbocycles. The predicted molar refractivity (Wildman–Crippen MR) is 96.2 cm³/mol. The van der Waals surface area contributed by atoms with E-state index in [1.54, 1.807) is 12.1 Å². The molecule has 0 saturated heterocycles. The number of benzene rings is 1. The van der Waals surface area contributed by atoms with Gasteiger partial charge in [-0.2, -0.15) is 13.2 Å². The van der Waals surface area contributed by atoms with Gasteiger partial charge in [0.05, 0.1) is 28.9 Å². The molecule has 0 bridgehead atoms. The van der Waals surface area contributed by atoms with Crippen molar-refractivity contribution in [3.05, 3.63) is 58.4 Å². The summed E-state index contributed by atoms with van der Waals surface area (Å²) in [6.45, 7) is -1.80. The summed E-state index contributed by atoms with van der Waals surface area (Å²) in [5.74, 6) is -1.24. The minimum atomic E-state index is -4.51. The van der Waals surface area contributed by atoms with Gasteiger partial charge in [0.1, 0.15) is 24.3 Å². The quantitative estimate of drug-likeness (QED) is 0.401. The van der Waals surface area contributed by atoms with Crippen molar-refractivity contribution < 1.29 is 32.3 Å². The lowest BCUT2D eigenvalue weighted by Crippen LogP contribution is -2.35. The average molecular weight is 428 g/mol. The fraction of sp³-hybridized carbons (Fsp3) is 0.222. The molecule has 0 fully saturated rings. The molecule has 0 unspecified atom stereocenters. The first kappa shape index (κ1) is 20.6. The molecule has 0 N–H and O–H groups in total. The number of imide groups is 1. The molecule has 2 amide bonds. The Morgan fingerprint density at radius 3 is 2.34 bits per heavy atom. The first-order chi connectivity index (χ1) is 13.7. The molecule has 29 heavy (non-hydrogen) atoms. The fourth-order valence-corrected chi connectivity index (χ4v) is 2.93. The van der Waals surface area contributed by atoms with E-state index in [1.807, 2.05) is 0 Å². The molecular weight excluding hydrogens is 415 g/mol. The molecule has 1 aromatic heterocycles. The highest BCUT2D eigenvalue weighted by molar-refractivity contribution is 6.34. The molecule has 7 nitrogen and oxygen atoms in total. The summed E-state index contributed by atoms with van der Waals surface area (Å²) in [6.07, 6.45) is -3.49. The Morgan fingerprint density at radius 1 is 1.21 bits per heavy atom. The third-order valence-corrected chi connectivity index (χ3v) is 4.17. The number of rotatable bonds is 6. The Balaban J connectivity index is 1.84. The molecule has 2 heterocycles. The molecule has 3 rings (SSSR count). The van der Waals surface area contributed by atoms with Crippen molar-refractivity contribution in [2.24, 2.45) is 5.16 Å². The van der Waals surface area contributed by atoms with Gasteiger partial charge < -0.3 is 9.57 Å². The summed E-state index contributed by atoms with van der Waals surface area (Å²) in [7, 11) is 1.25. The smallest absolute Gasteiger partial charge is 0.422 e. The molecule has 1 aromatic carbocycles. The minimum Gasteiger partial charge on any atom is -0.482 e. The zero-order valence-corrected chi connectivity index (χ0v) is 15.6. The van der Waals surface area contributed by atoms with E-state index in [-0.39, 0.29) is 39.8 Å². The van der Waals surface area contributed by atoms with Gasteiger partial charge in [-0.05, 0) is 12.1 Å². The molecule has 1 aliphatic rings. The lowest BCUT2D eigenvalue weighted by atomic mass is 10.1. The van der Waals surface area contributed by atoms with E-state index in [1.165, 1.54) is 19.2 Å². The SMILES string of the molecule is CON=C(CN1C(=O)c2ccccc2C1=O)c1ncc(OCC(F)(F)F)cc1Cl. The average Bonchev–Trinajstić information content (AvgIpc) is 2.91. The number of pyridine rings is 1. The number of hydrogen-bond acceptors (Lipinski definition) is 6. The van der Waals surface area contributed by atoms with Crippen LogP contribution in [0.25, 0.3) is 0 Å². The van der Waals surface area contributed by atoms with Crippen LogP contribution in [-0.4, -0.2) is 53.8 Å². The lowest BCUT2D eigenvalue weighted by molar-refractivity contribution is -0.153.